The van der Waals surface area contributed by atoms with Crippen LogP contribution >= 0.6 is 23.2 Å². The van der Waals surface area contributed by atoms with Crippen LogP contribution in [0.3, 0.4) is 0 Å². The number of carbonyl (C=O) groups excluding carboxylic acids is 1. The monoisotopic (exact) mass is 164 g/mol. The van der Waals surface area contributed by atoms with Crippen molar-refractivity contribution in [3.05, 3.63) is 0 Å². The van der Waals surface area contributed by atoms with Crippen LogP contribution in [0.25, 0.3) is 0 Å². The van der Waals surface area contributed by atoms with Crippen LogP contribution in [0, 0.1) is 0 Å². The van der Waals surface area contributed by atoms with Gasteiger partial charge in [-0.15, -0.1) is 11.6 Å². The molecule has 0 N–H and O–H groups in total. The Labute approximate surface area is 61.4 Å². The first kappa shape index (κ1) is 6.71. The molecule has 0 spiro atoms. The molecular formula is C4H2Cl2N2O. The van der Waals surface area contributed by atoms with Crippen LogP contribution in [0.15, 0.2) is 9.98 Å². The molecule has 5 heteroatoms. The number of amidine groups is 1. The second-order valence-electron chi connectivity index (χ2n) is 1.40. The summed E-state index contributed by atoms with van der Waals surface area (Å²) in [6.45, 7) is 0. The second kappa shape index (κ2) is 2.45. The third kappa shape index (κ3) is 1.50. The molecule has 0 bridgehead atoms. The molecule has 3 nitrogen and oxygen atoms in total. The normalized spacial score (nSPS) is 26.2. The molecule has 0 saturated carbocycles. The van der Waals surface area contributed by atoms with Crippen molar-refractivity contribution in [2.75, 3.05) is 0 Å². The third-order valence-electron chi connectivity index (χ3n) is 0.750. The average molecular weight is 165 g/mol. The maximum Gasteiger partial charge on any atom is 0.271 e. The van der Waals surface area contributed by atoms with Gasteiger partial charge in [0, 0.05) is 6.21 Å². The fourth-order valence-corrected chi connectivity index (χ4v) is 0.617. The van der Waals surface area contributed by atoms with Crippen LogP contribution in [-0.2, 0) is 4.79 Å². The summed E-state index contributed by atoms with van der Waals surface area (Å²) in [6.07, 6.45) is 1.25. The quantitative estimate of drug-likeness (QED) is 0.386. The Balaban J connectivity index is 2.82. The van der Waals surface area contributed by atoms with Crippen LogP contribution in [0.1, 0.15) is 0 Å². The average Bonchev–Trinajstić information content (AvgIpc) is 1.80. The van der Waals surface area contributed by atoms with Gasteiger partial charge in [0.15, 0.2) is 0 Å². The van der Waals surface area contributed by atoms with Gasteiger partial charge in [0.05, 0.1) is 0 Å². The lowest BCUT2D eigenvalue weighted by atomic mass is 10.4. The summed E-state index contributed by atoms with van der Waals surface area (Å²) in [5.41, 5.74) is 0. The number of hydrogen-bond acceptors (Lipinski definition) is 2. The Morgan fingerprint density at radius 3 is 2.78 bits per heavy atom. The van der Waals surface area contributed by atoms with E-state index in [0.717, 1.165) is 0 Å². The summed E-state index contributed by atoms with van der Waals surface area (Å²) >= 11 is 10.6. The number of halogens is 2. The molecule has 0 aliphatic carbocycles. The summed E-state index contributed by atoms with van der Waals surface area (Å²) < 4.78 is 0. The van der Waals surface area contributed by atoms with Gasteiger partial charge < -0.3 is 0 Å². The van der Waals surface area contributed by atoms with E-state index in [1.54, 1.807) is 0 Å². The summed E-state index contributed by atoms with van der Waals surface area (Å²) in [7, 11) is 0. The van der Waals surface area contributed by atoms with Crippen LogP contribution in [-0.4, -0.2) is 22.8 Å². The first-order chi connectivity index (χ1) is 4.20. The van der Waals surface area contributed by atoms with E-state index in [0.29, 0.717) is 0 Å². The van der Waals surface area contributed by atoms with Gasteiger partial charge in [0.2, 0.25) is 5.29 Å². The minimum atomic E-state index is -0.743. The van der Waals surface area contributed by atoms with E-state index in [1.807, 2.05) is 0 Å². The SMILES string of the molecule is O=C1N=C(Cl)N=CC1Cl. The second-order valence-corrected chi connectivity index (χ2v) is 2.21. The van der Waals surface area contributed by atoms with E-state index in [-0.39, 0.29) is 5.29 Å². The van der Waals surface area contributed by atoms with Gasteiger partial charge in [-0.05, 0) is 11.6 Å². The van der Waals surface area contributed by atoms with Gasteiger partial charge >= 0.3 is 0 Å². The molecule has 1 heterocycles. The molecule has 0 radical (unpaired) electrons. The minimum absolute atomic E-state index is 0.0584. The highest BCUT2D eigenvalue weighted by atomic mass is 35.5. The number of aliphatic imine (C=N–C) groups is 2. The maximum absolute atomic E-state index is 10.5. The highest BCUT2D eigenvalue weighted by molar-refractivity contribution is 6.67. The zero-order valence-corrected chi connectivity index (χ0v) is 5.73. The van der Waals surface area contributed by atoms with E-state index >= 15 is 0 Å². The molecular weight excluding hydrogens is 163 g/mol. The molecule has 1 atom stereocenters. The van der Waals surface area contributed by atoms with Gasteiger partial charge in [0.1, 0.15) is 5.38 Å². The van der Waals surface area contributed by atoms with Crippen molar-refractivity contribution in [2.45, 2.75) is 5.38 Å². The van der Waals surface area contributed by atoms with Crippen molar-refractivity contribution in [1.82, 2.24) is 0 Å². The number of hydrogen-bond donors (Lipinski definition) is 0. The first-order valence-electron chi connectivity index (χ1n) is 2.16. The van der Waals surface area contributed by atoms with Crippen molar-refractivity contribution in [3.63, 3.8) is 0 Å². The standard InChI is InChI=1S/C4H2Cl2N2O/c5-2-1-7-4(6)8-3(2)9/h1-2H. The number of nitrogens with zero attached hydrogens (tertiary/aromatic N) is 2. The third-order valence-corrected chi connectivity index (χ3v) is 1.23. The Morgan fingerprint density at radius 2 is 2.33 bits per heavy atom. The van der Waals surface area contributed by atoms with Crippen LogP contribution in [0.5, 0.6) is 0 Å². The lowest BCUT2D eigenvalue weighted by Gasteiger charge is -2.00. The van der Waals surface area contributed by atoms with Gasteiger partial charge in [0.25, 0.3) is 5.91 Å². The summed E-state index contributed by atoms with van der Waals surface area (Å²) in [5.74, 6) is -0.461. The maximum atomic E-state index is 10.5. The fraction of sp³-hybridized carbons (Fsp3) is 0.250. The molecule has 1 aliphatic heterocycles. The molecule has 48 valence electrons. The van der Waals surface area contributed by atoms with Crippen molar-refractivity contribution in [2.24, 2.45) is 9.98 Å². The lowest BCUT2D eigenvalue weighted by molar-refractivity contribution is -0.116. The summed E-state index contributed by atoms with van der Waals surface area (Å²) in [4.78, 5) is 17.3. The van der Waals surface area contributed by atoms with Crippen molar-refractivity contribution in [1.29, 1.82) is 0 Å². The minimum Gasteiger partial charge on any atom is -0.270 e. The number of alkyl halides is 1. The summed E-state index contributed by atoms with van der Waals surface area (Å²) in [6, 6.07) is 0. The zero-order chi connectivity index (χ0) is 6.85. The van der Waals surface area contributed by atoms with Crippen molar-refractivity contribution < 1.29 is 4.79 Å². The summed E-state index contributed by atoms with van der Waals surface area (Å²) in [5, 5.41) is -0.801. The molecule has 0 aromatic carbocycles. The Morgan fingerprint density at radius 1 is 1.67 bits per heavy atom. The topological polar surface area (TPSA) is 41.8 Å². The van der Waals surface area contributed by atoms with Crippen molar-refractivity contribution in [3.8, 4) is 0 Å². The predicted octanol–water partition coefficient (Wildman–Crippen LogP) is 0.800. The van der Waals surface area contributed by atoms with E-state index in [4.69, 9.17) is 23.2 Å². The van der Waals surface area contributed by atoms with Gasteiger partial charge in [-0.2, -0.15) is 4.99 Å². The predicted molar refractivity (Wildman–Crippen MR) is 36.4 cm³/mol. The molecule has 0 fully saturated rings. The van der Waals surface area contributed by atoms with Crippen LogP contribution < -0.4 is 0 Å². The molecule has 1 amide bonds. The highest BCUT2D eigenvalue weighted by Crippen LogP contribution is 2.03. The molecule has 1 rings (SSSR count). The van der Waals surface area contributed by atoms with Gasteiger partial charge in [-0.1, -0.05) is 0 Å². The molecule has 9 heavy (non-hydrogen) atoms. The fourth-order valence-electron chi connectivity index (χ4n) is 0.372. The van der Waals surface area contributed by atoms with Crippen LogP contribution in [0.4, 0.5) is 0 Å². The Bertz CT molecular complexity index is 199. The van der Waals surface area contributed by atoms with Crippen LogP contribution in [0.2, 0.25) is 0 Å². The first-order valence-corrected chi connectivity index (χ1v) is 2.98. The largest absolute Gasteiger partial charge is 0.271 e. The molecule has 0 aromatic heterocycles. The Kier molecular flexibility index (Phi) is 1.83. The van der Waals surface area contributed by atoms with E-state index in [9.17, 15) is 4.79 Å². The molecule has 0 aromatic rings. The van der Waals surface area contributed by atoms with E-state index < -0.39 is 11.3 Å². The lowest BCUT2D eigenvalue weighted by Crippen LogP contribution is -2.18. The number of rotatable bonds is 0. The van der Waals surface area contributed by atoms with Gasteiger partial charge in [-0.3, -0.25) is 4.79 Å². The molecule has 1 aliphatic rings. The Hall–Kier alpha value is -0.410. The number of amides is 1. The van der Waals surface area contributed by atoms with E-state index in [1.165, 1.54) is 6.21 Å². The smallest absolute Gasteiger partial charge is 0.270 e. The highest BCUT2D eigenvalue weighted by Gasteiger charge is 2.15. The molecule has 1 unspecified atom stereocenters. The van der Waals surface area contributed by atoms with Gasteiger partial charge in [-0.25, -0.2) is 4.99 Å². The molecule has 0 saturated heterocycles. The van der Waals surface area contributed by atoms with E-state index in [2.05, 4.69) is 9.98 Å². The van der Waals surface area contributed by atoms with Crippen molar-refractivity contribution >= 4 is 40.6 Å². The zero-order valence-electron chi connectivity index (χ0n) is 4.21. The number of carbonyl (C=O) groups is 1.